The quantitative estimate of drug-likeness (QED) is 0.427. The molecule has 8 nitrogen and oxygen atoms in total. The van der Waals surface area contributed by atoms with Crippen LogP contribution in [0.1, 0.15) is 25.2 Å². The normalized spacial score (nSPS) is 7.86. The summed E-state index contributed by atoms with van der Waals surface area (Å²) in [5, 5.41) is 37.9. The molecule has 2 radical (unpaired) electrons. The zero-order valence-corrected chi connectivity index (χ0v) is 17.3. The van der Waals surface area contributed by atoms with Gasteiger partial charge in [-0.05, 0) is 51.0 Å². The molecule has 0 aliphatic heterocycles. The van der Waals surface area contributed by atoms with Crippen LogP contribution in [-0.4, -0.2) is 35.1 Å². The molecule has 10 heteroatoms. The zero-order valence-electron chi connectivity index (χ0n) is 15.4. The van der Waals surface area contributed by atoms with E-state index in [-0.39, 0.29) is 47.4 Å². The third-order valence-electron chi connectivity index (χ3n) is 2.17. The summed E-state index contributed by atoms with van der Waals surface area (Å²) in [6.45, 7) is 1.80. The molecule has 0 aromatic carbocycles. The van der Waals surface area contributed by atoms with Crippen LogP contribution >= 0.6 is 0 Å². The van der Waals surface area contributed by atoms with Gasteiger partial charge in [0.25, 0.3) is 0 Å². The van der Waals surface area contributed by atoms with E-state index in [0.29, 0.717) is 12.8 Å². The molecule has 2 rings (SSSR count). The Hall–Kier alpha value is -1.80. The molecule has 0 unspecified atom stereocenters. The van der Waals surface area contributed by atoms with Crippen molar-refractivity contribution in [3.63, 3.8) is 0 Å². The molecule has 0 saturated carbocycles. The zero-order chi connectivity index (χ0) is 20.2. The fourth-order valence-corrected chi connectivity index (χ4v) is 1.30. The Morgan fingerprint density at radius 3 is 1.21 bits per heavy atom. The van der Waals surface area contributed by atoms with E-state index in [1.54, 1.807) is 12.4 Å². The molecule has 0 N–H and O–H groups in total. The third-order valence-corrected chi connectivity index (χ3v) is 2.17. The van der Waals surface area contributed by atoms with Gasteiger partial charge < -0.3 is 30.0 Å². The predicted molar refractivity (Wildman–Crippen MR) is 87.0 cm³/mol. The summed E-state index contributed by atoms with van der Waals surface area (Å²) in [5.41, 5.74) is 1.76. The van der Waals surface area contributed by atoms with Crippen molar-refractivity contribution in [2.45, 2.75) is 26.7 Å². The van der Waals surface area contributed by atoms with Crippen LogP contribution in [-0.2, 0) is 56.6 Å². The van der Waals surface area contributed by atoms with E-state index in [4.69, 9.17) is 19.8 Å². The van der Waals surface area contributed by atoms with Gasteiger partial charge in [0.1, 0.15) is 0 Å². The Balaban J connectivity index is -0.000000144. The fraction of sp³-hybridized carbons (Fsp3) is 0.333. The number of aromatic nitrogens is 2. The van der Waals surface area contributed by atoms with E-state index in [2.05, 4.69) is 9.97 Å². The monoisotopic (exact) mass is 488 g/mol. The number of aliphatic carboxylic acids is 2. The van der Waals surface area contributed by atoms with Gasteiger partial charge >= 0.3 is 34.1 Å². The van der Waals surface area contributed by atoms with Crippen molar-refractivity contribution >= 4 is 11.9 Å². The minimum atomic E-state index is -1.08. The Kier molecular flexibility index (Phi) is 30.4. The Bertz CT molecular complexity index is 528. The fourth-order valence-electron chi connectivity index (χ4n) is 1.30. The van der Waals surface area contributed by atoms with Crippen LogP contribution in [0.2, 0.25) is 0 Å². The number of carboxylic acid groups (broad SMARTS) is 2. The third kappa shape index (κ3) is 31.9. The molecule has 0 spiro atoms. The van der Waals surface area contributed by atoms with Crippen molar-refractivity contribution in [1.82, 2.24) is 9.97 Å². The molecule has 162 valence electrons. The summed E-state index contributed by atoms with van der Waals surface area (Å²) in [6, 6.07) is 11.2. The summed E-state index contributed by atoms with van der Waals surface area (Å²) in [5.74, 6) is -2.17. The standard InChI is InChI=1S/2C7H8NO.2C2H4O2.2Cu/c2*9-6-4-7-3-1-2-5-8-7;2*1-2(3)4;;/h2*1-3,5H,4,6H2;2*1H3,(H,3,4);;/q2*-1;;;2*+2/p-2. The van der Waals surface area contributed by atoms with E-state index in [1.807, 2.05) is 36.4 Å². The molecule has 0 bridgehead atoms. The number of carbonyl (C=O) groups is 2. The first kappa shape index (κ1) is 33.8. The molecule has 0 amide bonds. The van der Waals surface area contributed by atoms with Crippen molar-refractivity contribution in [1.29, 1.82) is 0 Å². The molecular formula is C18H22Cu2N2O6. The molecule has 0 aliphatic rings. The summed E-state index contributed by atoms with van der Waals surface area (Å²) < 4.78 is 0. The van der Waals surface area contributed by atoms with Gasteiger partial charge in [0.15, 0.2) is 0 Å². The summed E-state index contributed by atoms with van der Waals surface area (Å²) in [7, 11) is 0. The van der Waals surface area contributed by atoms with E-state index in [1.165, 1.54) is 0 Å². The largest absolute Gasteiger partial charge is 2.00 e. The van der Waals surface area contributed by atoms with Crippen LogP contribution in [0, 0.1) is 0 Å². The second-order valence-corrected chi connectivity index (χ2v) is 4.53. The van der Waals surface area contributed by atoms with Crippen LogP contribution in [0.15, 0.2) is 48.8 Å². The first-order valence-corrected chi connectivity index (χ1v) is 7.64. The second kappa shape index (κ2) is 25.2. The molecule has 28 heavy (non-hydrogen) atoms. The topological polar surface area (TPSA) is 152 Å². The summed E-state index contributed by atoms with van der Waals surface area (Å²) >= 11 is 0. The Morgan fingerprint density at radius 2 is 1.04 bits per heavy atom. The van der Waals surface area contributed by atoms with Crippen molar-refractivity contribution in [2.24, 2.45) is 0 Å². The van der Waals surface area contributed by atoms with Gasteiger partial charge in [-0.15, -0.1) is 13.2 Å². The number of rotatable bonds is 4. The smallest absolute Gasteiger partial charge is 0.854 e. The molecule has 2 aromatic rings. The van der Waals surface area contributed by atoms with E-state index < -0.39 is 11.9 Å². The van der Waals surface area contributed by atoms with Crippen LogP contribution < -0.4 is 20.4 Å². The number of hydrogen-bond donors (Lipinski definition) is 0. The number of nitrogens with zero attached hydrogens (tertiary/aromatic N) is 2. The van der Waals surface area contributed by atoms with Crippen molar-refractivity contribution in [3.8, 4) is 0 Å². The molecule has 0 saturated heterocycles. The molecule has 0 aliphatic carbocycles. The van der Waals surface area contributed by atoms with Crippen molar-refractivity contribution in [3.05, 3.63) is 60.2 Å². The minimum absolute atomic E-state index is 0. The maximum atomic E-state index is 10.1. The molecule has 0 atom stereocenters. The number of hydrogen-bond acceptors (Lipinski definition) is 8. The molecule has 2 aromatic heterocycles. The van der Waals surface area contributed by atoms with Gasteiger partial charge in [-0.1, -0.05) is 12.1 Å². The van der Waals surface area contributed by atoms with Gasteiger partial charge in [0, 0.05) is 35.7 Å². The van der Waals surface area contributed by atoms with Gasteiger partial charge in [-0.3, -0.25) is 9.97 Å². The number of carbonyl (C=O) groups excluding carboxylic acids is 2. The van der Waals surface area contributed by atoms with Gasteiger partial charge in [0.2, 0.25) is 0 Å². The van der Waals surface area contributed by atoms with Gasteiger partial charge in [-0.2, -0.15) is 0 Å². The first-order chi connectivity index (χ1) is 12.3. The van der Waals surface area contributed by atoms with Crippen LogP contribution in [0.5, 0.6) is 0 Å². The molecular weight excluding hydrogens is 467 g/mol. The Labute approximate surface area is 186 Å². The van der Waals surface area contributed by atoms with Crippen LogP contribution in [0.25, 0.3) is 0 Å². The van der Waals surface area contributed by atoms with Crippen molar-refractivity contribution < 1.29 is 64.2 Å². The molecule has 2 heterocycles. The minimum Gasteiger partial charge on any atom is -0.854 e. The van der Waals surface area contributed by atoms with E-state index >= 15 is 0 Å². The van der Waals surface area contributed by atoms with Gasteiger partial charge in [-0.25, -0.2) is 0 Å². The van der Waals surface area contributed by atoms with Crippen LogP contribution in [0.3, 0.4) is 0 Å². The average Bonchev–Trinajstić information content (AvgIpc) is 2.57. The maximum Gasteiger partial charge on any atom is 2.00 e. The van der Waals surface area contributed by atoms with Gasteiger partial charge in [0.05, 0.1) is 0 Å². The average molecular weight is 489 g/mol. The molecule has 0 fully saturated rings. The second-order valence-electron chi connectivity index (χ2n) is 4.53. The summed E-state index contributed by atoms with van der Waals surface area (Å²) in [4.78, 5) is 25.7. The van der Waals surface area contributed by atoms with Crippen molar-refractivity contribution in [2.75, 3.05) is 13.2 Å². The van der Waals surface area contributed by atoms with Crippen LogP contribution in [0.4, 0.5) is 0 Å². The van der Waals surface area contributed by atoms with E-state index in [9.17, 15) is 10.2 Å². The van der Waals surface area contributed by atoms with E-state index in [0.717, 1.165) is 25.2 Å². The maximum absolute atomic E-state index is 10.1. The summed E-state index contributed by atoms with van der Waals surface area (Å²) in [6.07, 6.45) is 4.48. The SMILES string of the molecule is CC(=O)[O-].CC(=O)[O-].[Cu+2].[Cu+2].[O-]CCc1ccccn1.[O-]CCc1ccccn1. The Morgan fingerprint density at radius 1 is 0.750 bits per heavy atom. The number of pyridine rings is 2. The first-order valence-electron chi connectivity index (χ1n) is 7.64. The predicted octanol–water partition coefficient (Wildman–Crippen LogP) is -2.52. The number of carboxylic acids is 2.